The van der Waals surface area contributed by atoms with E-state index in [1.807, 2.05) is 17.7 Å². The van der Waals surface area contributed by atoms with E-state index in [9.17, 15) is 22.0 Å². The molecule has 4 rings (SSSR count). The first-order valence-electron chi connectivity index (χ1n) is 9.57. The van der Waals surface area contributed by atoms with E-state index in [1.165, 1.54) is 16.9 Å². The average molecular weight is 436 g/mol. The quantitative estimate of drug-likeness (QED) is 0.796. The number of rotatable bonds is 4. The van der Waals surface area contributed by atoms with Crippen molar-refractivity contribution in [1.82, 2.24) is 19.4 Å². The van der Waals surface area contributed by atoms with Crippen molar-refractivity contribution in [2.45, 2.75) is 37.8 Å². The van der Waals surface area contributed by atoms with Crippen LogP contribution in [0.4, 0.5) is 8.78 Å². The summed E-state index contributed by atoms with van der Waals surface area (Å²) in [4.78, 5) is 14.5. The molecule has 1 N–H and O–H groups in total. The molecule has 7 nitrogen and oxygen atoms in total. The van der Waals surface area contributed by atoms with E-state index in [-0.39, 0.29) is 11.6 Å². The zero-order chi connectivity index (χ0) is 21.7. The Morgan fingerprint density at radius 2 is 2.10 bits per heavy atom. The van der Waals surface area contributed by atoms with Crippen molar-refractivity contribution in [3.63, 3.8) is 0 Å². The first-order chi connectivity index (χ1) is 14.1. The molecule has 1 saturated heterocycles. The number of likely N-dealkylation sites (tertiary alicyclic amines) is 1. The summed E-state index contributed by atoms with van der Waals surface area (Å²) < 4.78 is 54.7. The number of carbonyl (C=O) groups excluding carboxylic acids is 1. The normalized spacial score (nSPS) is 24.1. The summed E-state index contributed by atoms with van der Waals surface area (Å²) in [6.07, 6.45) is 7.76. The number of benzene rings is 1. The minimum absolute atomic E-state index is 0.170. The van der Waals surface area contributed by atoms with Crippen LogP contribution < -0.4 is 4.72 Å². The van der Waals surface area contributed by atoms with E-state index >= 15 is 0 Å². The number of nitrogens with zero attached hydrogens (tertiary/aromatic N) is 3. The molecule has 1 amide bonds. The molecule has 2 aromatic rings. The molecule has 3 heterocycles. The van der Waals surface area contributed by atoms with Crippen LogP contribution in [0.2, 0.25) is 0 Å². The highest BCUT2D eigenvalue weighted by Gasteiger charge is 2.42. The maximum absolute atomic E-state index is 14.5. The number of aromatic nitrogens is 2. The minimum Gasteiger partial charge on any atom is -0.287 e. The lowest BCUT2D eigenvalue weighted by Gasteiger charge is -2.42. The maximum atomic E-state index is 14.5. The van der Waals surface area contributed by atoms with Crippen molar-refractivity contribution >= 4 is 22.1 Å². The molecule has 1 aromatic carbocycles. The van der Waals surface area contributed by atoms with Crippen molar-refractivity contribution < 1.29 is 22.0 Å². The maximum Gasteiger partial charge on any atom is 0.268 e. The van der Waals surface area contributed by atoms with E-state index in [0.717, 1.165) is 24.8 Å². The fourth-order valence-corrected chi connectivity index (χ4v) is 4.85. The van der Waals surface area contributed by atoms with Gasteiger partial charge >= 0.3 is 0 Å². The summed E-state index contributed by atoms with van der Waals surface area (Å²) in [5.41, 5.74) is 0.460. The Morgan fingerprint density at radius 1 is 1.33 bits per heavy atom. The summed E-state index contributed by atoms with van der Waals surface area (Å²) in [5, 5.41) is 4.15. The van der Waals surface area contributed by atoms with Gasteiger partial charge in [-0.25, -0.2) is 26.6 Å². The second kappa shape index (κ2) is 7.28. The van der Waals surface area contributed by atoms with E-state index in [0.29, 0.717) is 30.6 Å². The smallest absolute Gasteiger partial charge is 0.268 e. The van der Waals surface area contributed by atoms with Crippen LogP contribution >= 0.6 is 0 Å². The van der Waals surface area contributed by atoms with Crippen LogP contribution in [0, 0.1) is 11.6 Å². The molecular formula is C20H22F2N4O3S. The highest BCUT2D eigenvalue weighted by molar-refractivity contribution is 7.89. The molecule has 1 fully saturated rings. The Kier molecular flexibility index (Phi) is 5.01. The largest absolute Gasteiger partial charge is 0.287 e. The highest BCUT2D eigenvalue weighted by atomic mass is 32.2. The number of nitrogens with one attached hydrogen (secondary N) is 1. The Labute approximate surface area is 173 Å². The molecule has 2 aliphatic rings. The number of carbonyl (C=O) groups is 1. The second-order valence-corrected chi connectivity index (χ2v) is 9.77. The van der Waals surface area contributed by atoms with Crippen molar-refractivity contribution in [3.8, 4) is 0 Å². The Hall–Kier alpha value is -2.59. The van der Waals surface area contributed by atoms with Crippen LogP contribution in [-0.2, 0) is 16.4 Å². The van der Waals surface area contributed by atoms with Gasteiger partial charge in [-0.3, -0.25) is 9.69 Å². The Balaban J connectivity index is 1.66. The molecule has 0 saturated carbocycles. The molecule has 0 bridgehead atoms. The summed E-state index contributed by atoms with van der Waals surface area (Å²) in [6, 6.07) is 3.18. The molecule has 0 radical (unpaired) electrons. The summed E-state index contributed by atoms with van der Waals surface area (Å²) >= 11 is 0. The highest BCUT2D eigenvalue weighted by Crippen LogP contribution is 2.42. The van der Waals surface area contributed by atoms with Gasteiger partial charge in [0.15, 0.2) is 0 Å². The van der Waals surface area contributed by atoms with E-state index in [1.54, 1.807) is 6.20 Å². The number of amides is 1. The van der Waals surface area contributed by atoms with Gasteiger partial charge in [-0.1, -0.05) is 0 Å². The number of halogens is 2. The summed E-state index contributed by atoms with van der Waals surface area (Å²) in [6.45, 7) is 2.65. The zero-order valence-corrected chi connectivity index (χ0v) is 17.4. The molecule has 0 spiro atoms. The second-order valence-electron chi connectivity index (χ2n) is 8.02. The SMILES string of the molecule is CC1(N2CCC[C@@H]2c2cc(F)ccc2F)C=Cn2ncc(C(=O)NS(C)(=O)=O)c2C1. The van der Waals surface area contributed by atoms with Gasteiger partial charge in [0.1, 0.15) is 11.6 Å². The van der Waals surface area contributed by atoms with Crippen molar-refractivity contribution in [3.05, 3.63) is 58.9 Å². The van der Waals surface area contributed by atoms with Gasteiger partial charge < -0.3 is 0 Å². The Bertz CT molecular complexity index is 1140. The summed E-state index contributed by atoms with van der Waals surface area (Å²) in [7, 11) is -3.72. The van der Waals surface area contributed by atoms with Gasteiger partial charge in [0.05, 0.1) is 23.7 Å². The van der Waals surface area contributed by atoms with Crippen LogP contribution in [0.15, 0.2) is 30.5 Å². The molecule has 30 heavy (non-hydrogen) atoms. The van der Waals surface area contributed by atoms with Crippen LogP contribution in [0.25, 0.3) is 6.20 Å². The molecule has 2 atom stereocenters. The third-order valence-electron chi connectivity index (χ3n) is 5.75. The molecular weight excluding hydrogens is 414 g/mol. The van der Waals surface area contributed by atoms with Gasteiger partial charge in [0.2, 0.25) is 10.0 Å². The standard InChI is InChI=1S/C20H22F2N4O3S/c1-20(25-8-3-4-17(25)14-10-13(21)5-6-16(14)22)7-9-26-18(11-20)15(12-23-26)19(27)24-30(2,28)29/h5-7,9-10,12,17H,3-4,8,11H2,1-2H3,(H,24,27)/t17-,20?/m1/s1. The molecule has 1 unspecified atom stereocenters. The predicted octanol–water partition coefficient (Wildman–Crippen LogP) is 2.47. The van der Waals surface area contributed by atoms with Crippen LogP contribution in [-0.4, -0.2) is 47.3 Å². The van der Waals surface area contributed by atoms with Gasteiger partial charge in [-0.05, 0) is 50.6 Å². The molecule has 2 aliphatic heterocycles. The van der Waals surface area contributed by atoms with Crippen molar-refractivity contribution in [2.24, 2.45) is 0 Å². The van der Waals surface area contributed by atoms with Crippen LogP contribution in [0.1, 0.15) is 47.4 Å². The Morgan fingerprint density at radius 3 is 2.83 bits per heavy atom. The topological polar surface area (TPSA) is 84.3 Å². The number of sulfonamides is 1. The number of hydrogen-bond acceptors (Lipinski definition) is 5. The van der Waals surface area contributed by atoms with Crippen molar-refractivity contribution in [2.75, 3.05) is 12.8 Å². The van der Waals surface area contributed by atoms with Crippen LogP contribution in [0.3, 0.4) is 0 Å². The van der Waals surface area contributed by atoms with Gasteiger partial charge in [-0.15, -0.1) is 0 Å². The third-order valence-corrected chi connectivity index (χ3v) is 6.30. The fraction of sp³-hybridized carbons (Fsp3) is 0.400. The first-order valence-corrected chi connectivity index (χ1v) is 11.5. The average Bonchev–Trinajstić information content (AvgIpc) is 3.29. The first kappa shape index (κ1) is 20.7. The minimum atomic E-state index is -3.72. The zero-order valence-electron chi connectivity index (χ0n) is 16.6. The van der Waals surface area contributed by atoms with E-state index in [4.69, 9.17) is 0 Å². The van der Waals surface area contributed by atoms with E-state index in [2.05, 4.69) is 10.00 Å². The van der Waals surface area contributed by atoms with Gasteiger partial charge in [-0.2, -0.15) is 5.10 Å². The van der Waals surface area contributed by atoms with Gasteiger partial charge in [0.25, 0.3) is 5.91 Å². The summed E-state index contributed by atoms with van der Waals surface area (Å²) in [5.74, 6) is -1.68. The fourth-order valence-electron chi connectivity index (χ4n) is 4.40. The molecule has 0 aliphatic carbocycles. The molecule has 10 heteroatoms. The molecule has 160 valence electrons. The van der Waals surface area contributed by atoms with Crippen LogP contribution in [0.5, 0.6) is 0 Å². The molecule has 1 aromatic heterocycles. The number of fused-ring (bicyclic) bond motifs is 1. The monoisotopic (exact) mass is 436 g/mol. The number of hydrogen-bond donors (Lipinski definition) is 1. The lowest BCUT2D eigenvalue weighted by Crippen LogP contribution is -2.48. The third kappa shape index (κ3) is 3.77. The lowest BCUT2D eigenvalue weighted by molar-refractivity contribution is 0.0977. The lowest BCUT2D eigenvalue weighted by atomic mass is 9.88. The van der Waals surface area contributed by atoms with Crippen molar-refractivity contribution in [1.29, 1.82) is 0 Å². The van der Waals surface area contributed by atoms with Gasteiger partial charge in [0, 0.05) is 29.8 Å². The predicted molar refractivity (Wildman–Crippen MR) is 107 cm³/mol. The van der Waals surface area contributed by atoms with E-state index < -0.39 is 33.1 Å².